The van der Waals surface area contributed by atoms with E-state index in [1.807, 2.05) is 12.3 Å². The van der Waals surface area contributed by atoms with E-state index in [-0.39, 0.29) is 24.9 Å². The molecule has 1 fully saturated rings. The summed E-state index contributed by atoms with van der Waals surface area (Å²) in [5.74, 6) is -2.01. The number of likely N-dealkylation sites (N-methyl/N-ethyl adjacent to an activating group) is 1. The molecule has 1 aliphatic heterocycles. The molecule has 1 aliphatic rings. The van der Waals surface area contributed by atoms with Gasteiger partial charge in [-0.3, -0.25) is 14.4 Å². The maximum absolute atomic E-state index is 12.6. The molecule has 1 atom stereocenters. The normalized spacial score (nSPS) is 17.2. The third-order valence-electron chi connectivity index (χ3n) is 4.25. The molecule has 136 valence electrons. The predicted molar refractivity (Wildman–Crippen MR) is 97.1 cm³/mol. The Morgan fingerprint density at radius 3 is 2.76 bits per heavy atom. The summed E-state index contributed by atoms with van der Waals surface area (Å²) in [6.07, 6.45) is 3.13. The van der Waals surface area contributed by atoms with Gasteiger partial charge in [0.05, 0.1) is 23.0 Å². The Labute approximate surface area is 156 Å². The molecule has 6 nitrogen and oxygen atoms in total. The van der Waals surface area contributed by atoms with E-state index in [1.165, 1.54) is 21.6 Å². The van der Waals surface area contributed by atoms with Gasteiger partial charge in [0.2, 0.25) is 5.91 Å². The van der Waals surface area contributed by atoms with Gasteiger partial charge in [-0.25, -0.2) is 0 Å². The molecule has 1 aromatic carbocycles. The number of carboxylic acid groups (broad SMARTS) is 1. The van der Waals surface area contributed by atoms with Crippen molar-refractivity contribution in [2.24, 2.45) is 5.92 Å². The van der Waals surface area contributed by atoms with Crippen molar-refractivity contribution in [2.45, 2.75) is 17.7 Å². The van der Waals surface area contributed by atoms with Gasteiger partial charge < -0.3 is 14.9 Å². The monoisotopic (exact) mass is 384 g/mol. The summed E-state index contributed by atoms with van der Waals surface area (Å²) in [5.41, 5.74) is 0.353. The zero-order valence-electron chi connectivity index (χ0n) is 14.2. The molecular formula is C17H21ClN2O4S. The first kappa shape index (κ1) is 19.6. The van der Waals surface area contributed by atoms with E-state index in [9.17, 15) is 14.4 Å². The molecule has 2 amide bonds. The molecule has 1 N–H and O–H groups in total. The van der Waals surface area contributed by atoms with Crippen LogP contribution in [0.4, 0.5) is 0 Å². The van der Waals surface area contributed by atoms with Crippen LogP contribution >= 0.6 is 23.4 Å². The number of hydrogen-bond acceptors (Lipinski definition) is 4. The van der Waals surface area contributed by atoms with Gasteiger partial charge in [0.25, 0.3) is 5.91 Å². The smallest absolute Gasteiger partial charge is 0.308 e. The highest BCUT2D eigenvalue weighted by Gasteiger charge is 2.29. The minimum Gasteiger partial charge on any atom is -0.481 e. The first-order chi connectivity index (χ1) is 11.8. The molecular weight excluding hydrogens is 364 g/mol. The maximum atomic E-state index is 12.6. The third kappa shape index (κ3) is 4.89. The Balaban J connectivity index is 2.03. The molecule has 1 saturated heterocycles. The van der Waals surface area contributed by atoms with Gasteiger partial charge in [0.15, 0.2) is 0 Å². The summed E-state index contributed by atoms with van der Waals surface area (Å²) in [6.45, 7) is 0.608. The maximum Gasteiger partial charge on any atom is 0.308 e. The summed E-state index contributed by atoms with van der Waals surface area (Å²) < 4.78 is 0. The van der Waals surface area contributed by atoms with Crippen LogP contribution in [-0.4, -0.2) is 65.6 Å². The van der Waals surface area contributed by atoms with Crippen LogP contribution in [0.15, 0.2) is 23.1 Å². The summed E-state index contributed by atoms with van der Waals surface area (Å²) >= 11 is 7.61. The Morgan fingerprint density at radius 1 is 1.40 bits per heavy atom. The van der Waals surface area contributed by atoms with Crippen molar-refractivity contribution in [3.63, 3.8) is 0 Å². The van der Waals surface area contributed by atoms with Gasteiger partial charge in [0.1, 0.15) is 0 Å². The van der Waals surface area contributed by atoms with Crippen LogP contribution in [0.25, 0.3) is 0 Å². The lowest BCUT2D eigenvalue weighted by Gasteiger charge is -2.32. The first-order valence-corrected chi connectivity index (χ1v) is 9.53. The number of halogens is 1. The number of piperidine rings is 1. The number of carbonyl (C=O) groups is 3. The van der Waals surface area contributed by atoms with Gasteiger partial charge in [-0.15, -0.1) is 11.8 Å². The van der Waals surface area contributed by atoms with Gasteiger partial charge in [-0.05, 0) is 37.3 Å². The Kier molecular flexibility index (Phi) is 6.72. The molecule has 2 rings (SSSR count). The summed E-state index contributed by atoms with van der Waals surface area (Å²) in [7, 11) is 1.54. The molecule has 1 aromatic rings. The van der Waals surface area contributed by atoms with Crippen molar-refractivity contribution >= 4 is 41.1 Å². The number of carbonyl (C=O) groups excluding carboxylic acids is 2. The fraction of sp³-hybridized carbons (Fsp3) is 0.471. The number of carboxylic acids is 1. The number of thioether (sulfide) groups is 1. The summed E-state index contributed by atoms with van der Waals surface area (Å²) in [6, 6.07) is 5.20. The highest BCUT2D eigenvalue weighted by molar-refractivity contribution is 7.98. The summed E-state index contributed by atoms with van der Waals surface area (Å²) in [5, 5.41) is 9.46. The minimum absolute atomic E-state index is 0.106. The number of amides is 2. The van der Waals surface area contributed by atoms with E-state index in [0.29, 0.717) is 30.0 Å². The second kappa shape index (κ2) is 8.58. The number of rotatable bonds is 5. The highest BCUT2D eigenvalue weighted by Crippen LogP contribution is 2.24. The molecule has 0 radical (unpaired) electrons. The van der Waals surface area contributed by atoms with Gasteiger partial charge in [-0.1, -0.05) is 11.6 Å². The number of likely N-dealkylation sites (tertiary alicyclic amines) is 1. The quantitative estimate of drug-likeness (QED) is 0.789. The molecule has 0 saturated carbocycles. The summed E-state index contributed by atoms with van der Waals surface area (Å²) in [4.78, 5) is 39.9. The number of nitrogens with zero attached hydrogens (tertiary/aromatic N) is 2. The van der Waals surface area contributed by atoms with E-state index >= 15 is 0 Å². The van der Waals surface area contributed by atoms with Crippen LogP contribution in [0.2, 0.25) is 5.02 Å². The zero-order chi connectivity index (χ0) is 18.6. The lowest BCUT2D eigenvalue weighted by molar-refractivity contribution is -0.145. The number of benzene rings is 1. The average Bonchev–Trinajstić information content (AvgIpc) is 2.61. The second-order valence-corrected chi connectivity index (χ2v) is 7.31. The van der Waals surface area contributed by atoms with Crippen LogP contribution in [0, 0.1) is 5.92 Å². The lowest BCUT2D eigenvalue weighted by atomic mass is 9.98. The largest absolute Gasteiger partial charge is 0.481 e. The van der Waals surface area contributed by atoms with E-state index in [2.05, 4.69) is 0 Å². The third-order valence-corrected chi connectivity index (χ3v) is 5.30. The Morgan fingerprint density at radius 2 is 2.12 bits per heavy atom. The van der Waals surface area contributed by atoms with E-state index in [0.717, 1.165) is 4.90 Å². The Hall–Kier alpha value is -1.73. The van der Waals surface area contributed by atoms with Gasteiger partial charge >= 0.3 is 5.97 Å². The lowest BCUT2D eigenvalue weighted by Crippen LogP contribution is -2.46. The van der Waals surface area contributed by atoms with Crippen molar-refractivity contribution < 1.29 is 19.5 Å². The number of aliphatic carboxylic acids is 1. The molecule has 1 unspecified atom stereocenters. The van der Waals surface area contributed by atoms with E-state index < -0.39 is 11.9 Å². The predicted octanol–water partition coefficient (Wildman–Crippen LogP) is 2.46. The van der Waals surface area contributed by atoms with Crippen molar-refractivity contribution in [3.05, 3.63) is 28.8 Å². The fourth-order valence-corrected chi connectivity index (χ4v) is 3.42. The zero-order valence-corrected chi connectivity index (χ0v) is 15.8. The molecule has 0 aliphatic carbocycles. The van der Waals surface area contributed by atoms with Gasteiger partial charge in [-0.2, -0.15) is 0 Å². The average molecular weight is 385 g/mol. The van der Waals surface area contributed by atoms with Crippen LogP contribution in [0.1, 0.15) is 23.2 Å². The standard InChI is InChI=1S/C17H21ClN2O4S/c1-19(16(22)13-8-12(25-2)5-6-14(13)18)10-15(21)20-7-3-4-11(9-20)17(23)24/h5-6,8,11H,3-4,7,9-10H2,1-2H3,(H,23,24). The highest BCUT2D eigenvalue weighted by atomic mass is 35.5. The van der Waals surface area contributed by atoms with Crippen molar-refractivity contribution in [2.75, 3.05) is 32.9 Å². The van der Waals surface area contributed by atoms with Crippen LogP contribution in [0.5, 0.6) is 0 Å². The second-order valence-electron chi connectivity index (χ2n) is 6.02. The topological polar surface area (TPSA) is 77.9 Å². The SMILES string of the molecule is CSc1ccc(Cl)c(C(=O)N(C)CC(=O)N2CCCC(C(=O)O)C2)c1. The molecule has 8 heteroatoms. The van der Waals surface area contributed by atoms with E-state index in [1.54, 1.807) is 19.2 Å². The molecule has 1 heterocycles. The van der Waals surface area contributed by atoms with Gasteiger partial charge in [0, 0.05) is 25.0 Å². The minimum atomic E-state index is -0.886. The Bertz CT molecular complexity index is 683. The van der Waals surface area contributed by atoms with Crippen molar-refractivity contribution in [1.29, 1.82) is 0 Å². The van der Waals surface area contributed by atoms with Crippen molar-refractivity contribution in [1.82, 2.24) is 9.80 Å². The fourth-order valence-electron chi connectivity index (χ4n) is 2.78. The number of hydrogen-bond donors (Lipinski definition) is 1. The first-order valence-electron chi connectivity index (χ1n) is 7.93. The van der Waals surface area contributed by atoms with Crippen LogP contribution in [-0.2, 0) is 9.59 Å². The van der Waals surface area contributed by atoms with Crippen LogP contribution in [0.3, 0.4) is 0 Å². The molecule has 0 aromatic heterocycles. The van der Waals surface area contributed by atoms with E-state index in [4.69, 9.17) is 16.7 Å². The molecule has 0 bridgehead atoms. The van der Waals surface area contributed by atoms with Crippen molar-refractivity contribution in [3.8, 4) is 0 Å². The molecule has 25 heavy (non-hydrogen) atoms. The molecule has 0 spiro atoms. The van der Waals surface area contributed by atoms with Crippen LogP contribution < -0.4 is 0 Å².